The summed E-state index contributed by atoms with van der Waals surface area (Å²) in [5.74, 6) is 0.771. The first-order valence-electron chi connectivity index (χ1n) is 8.14. The fourth-order valence-corrected chi connectivity index (χ4v) is 3.73. The molecule has 6 heteroatoms. The van der Waals surface area contributed by atoms with Crippen LogP contribution in [0.4, 0.5) is 16.2 Å². The van der Waals surface area contributed by atoms with Crippen LogP contribution in [0.25, 0.3) is 0 Å². The zero-order valence-corrected chi connectivity index (χ0v) is 13.8. The smallest absolute Gasteiger partial charge is 0.227 e. The van der Waals surface area contributed by atoms with E-state index in [9.17, 15) is 4.39 Å². The lowest BCUT2D eigenvalue weighted by molar-refractivity contribution is 0.313. The number of rotatable bonds is 4. The van der Waals surface area contributed by atoms with Gasteiger partial charge in [-0.05, 0) is 38.3 Å². The van der Waals surface area contributed by atoms with Gasteiger partial charge in [-0.3, -0.25) is 0 Å². The summed E-state index contributed by atoms with van der Waals surface area (Å²) in [6, 6.07) is 0. The summed E-state index contributed by atoms with van der Waals surface area (Å²) in [4.78, 5) is 15.2. The monoisotopic (exact) mass is 307 g/mol. The molecule has 122 valence electrons. The second kappa shape index (κ2) is 5.99. The fraction of sp³-hybridized carbons (Fsp3) is 0.750. The van der Waals surface area contributed by atoms with Crippen LogP contribution in [0.3, 0.4) is 0 Å². The van der Waals surface area contributed by atoms with Gasteiger partial charge in [-0.15, -0.1) is 0 Å². The highest BCUT2D eigenvalue weighted by atomic mass is 19.1. The molecule has 1 unspecified atom stereocenters. The van der Waals surface area contributed by atoms with E-state index in [1.54, 1.807) is 0 Å². The molecule has 2 fully saturated rings. The van der Waals surface area contributed by atoms with Crippen molar-refractivity contribution >= 4 is 11.8 Å². The highest BCUT2D eigenvalue weighted by molar-refractivity contribution is 5.45. The standard InChI is InChI=1S/C16H26FN5/c1-16(6-9-20(2)11-16)12-21(3)15-18-10-13(17)14(19-15)22-7-4-5-8-22/h10H,4-9,11-12H2,1-3H3. The van der Waals surface area contributed by atoms with Crippen molar-refractivity contribution in [1.82, 2.24) is 14.9 Å². The fourth-order valence-electron chi connectivity index (χ4n) is 3.73. The van der Waals surface area contributed by atoms with Gasteiger partial charge in [0.25, 0.3) is 0 Å². The number of aromatic nitrogens is 2. The van der Waals surface area contributed by atoms with Crippen molar-refractivity contribution < 1.29 is 4.39 Å². The number of anilines is 2. The van der Waals surface area contributed by atoms with Gasteiger partial charge in [0.1, 0.15) is 0 Å². The van der Waals surface area contributed by atoms with E-state index in [0.717, 1.165) is 45.6 Å². The Bertz CT molecular complexity index is 531. The first kappa shape index (κ1) is 15.5. The van der Waals surface area contributed by atoms with Crippen molar-refractivity contribution in [3.63, 3.8) is 0 Å². The van der Waals surface area contributed by atoms with Gasteiger partial charge in [-0.1, -0.05) is 6.92 Å². The van der Waals surface area contributed by atoms with Crippen molar-refractivity contribution in [2.75, 3.05) is 56.6 Å². The number of likely N-dealkylation sites (tertiary alicyclic amines) is 1. The predicted molar refractivity (Wildman–Crippen MR) is 86.9 cm³/mol. The molecule has 2 saturated heterocycles. The van der Waals surface area contributed by atoms with Crippen LogP contribution in [0.2, 0.25) is 0 Å². The Morgan fingerprint density at radius 1 is 1.32 bits per heavy atom. The lowest BCUT2D eigenvalue weighted by atomic mass is 9.89. The molecule has 0 N–H and O–H groups in total. The molecule has 5 nitrogen and oxygen atoms in total. The third-order valence-corrected chi connectivity index (χ3v) is 4.83. The van der Waals surface area contributed by atoms with Crippen molar-refractivity contribution in [3.05, 3.63) is 12.0 Å². The quantitative estimate of drug-likeness (QED) is 0.850. The summed E-state index contributed by atoms with van der Waals surface area (Å²) in [5, 5.41) is 0. The van der Waals surface area contributed by atoms with Crippen molar-refractivity contribution in [3.8, 4) is 0 Å². The number of halogens is 1. The van der Waals surface area contributed by atoms with E-state index in [4.69, 9.17) is 0 Å². The van der Waals surface area contributed by atoms with E-state index in [1.165, 1.54) is 12.6 Å². The van der Waals surface area contributed by atoms with Gasteiger partial charge in [0.15, 0.2) is 11.6 Å². The van der Waals surface area contributed by atoms with E-state index >= 15 is 0 Å². The largest absolute Gasteiger partial charge is 0.354 e. The number of hydrogen-bond donors (Lipinski definition) is 0. The van der Waals surface area contributed by atoms with E-state index in [-0.39, 0.29) is 11.2 Å². The molecule has 0 radical (unpaired) electrons. The Hall–Kier alpha value is -1.43. The Balaban J connectivity index is 1.75. The molecule has 3 heterocycles. The van der Waals surface area contributed by atoms with Crippen LogP contribution in [0.15, 0.2) is 6.20 Å². The van der Waals surface area contributed by atoms with E-state index in [1.807, 2.05) is 11.9 Å². The first-order chi connectivity index (χ1) is 10.5. The molecule has 0 aromatic carbocycles. The second-order valence-electron chi connectivity index (χ2n) is 7.19. The molecule has 2 aliphatic heterocycles. The van der Waals surface area contributed by atoms with Gasteiger partial charge < -0.3 is 14.7 Å². The topological polar surface area (TPSA) is 35.5 Å². The lowest BCUT2D eigenvalue weighted by Gasteiger charge is -2.30. The maximum Gasteiger partial charge on any atom is 0.227 e. The molecule has 1 aromatic heterocycles. The van der Waals surface area contributed by atoms with Gasteiger partial charge in [0.05, 0.1) is 6.20 Å². The maximum atomic E-state index is 14.0. The molecule has 0 amide bonds. The second-order valence-corrected chi connectivity index (χ2v) is 7.19. The van der Waals surface area contributed by atoms with Crippen molar-refractivity contribution in [2.45, 2.75) is 26.2 Å². The maximum absolute atomic E-state index is 14.0. The van der Waals surface area contributed by atoms with Gasteiger partial charge in [-0.2, -0.15) is 4.98 Å². The number of nitrogens with zero attached hydrogens (tertiary/aromatic N) is 5. The molecule has 0 aliphatic carbocycles. The van der Waals surface area contributed by atoms with Crippen molar-refractivity contribution in [2.24, 2.45) is 5.41 Å². The minimum absolute atomic E-state index is 0.245. The van der Waals surface area contributed by atoms with Crippen LogP contribution < -0.4 is 9.80 Å². The summed E-state index contributed by atoms with van der Waals surface area (Å²) in [6.45, 7) is 7.19. The summed E-state index contributed by atoms with van der Waals surface area (Å²) in [6.07, 6.45) is 4.71. The molecule has 1 aromatic rings. The molecule has 0 saturated carbocycles. The van der Waals surface area contributed by atoms with Crippen LogP contribution in [0, 0.1) is 11.2 Å². The molecular weight excluding hydrogens is 281 g/mol. The average molecular weight is 307 g/mol. The normalized spacial score (nSPS) is 25.9. The molecule has 0 spiro atoms. The molecule has 0 bridgehead atoms. The van der Waals surface area contributed by atoms with E-state index < -0.39 is 0 Å². The molecule has 2 aliphatic rings. The summed E-state index contributed by atoms with van der Waals surface area (Å²) >= 11 is 0. The molecule has 3 rings (SSSR count). The third kappa shape index (κ3) is 3.16. The molecular formula is C16H26FN5. The molecule has 1 atom stereocenters. The van der Waals surface area contributed by atoms with Gasteiger partial charge in [0, 0.05) is 33.2 Å². The Morgan fingerprint density at radius 3 is 2.68 bits per heavy atom. The SMILES string of the molecule is CN1CCC(C)(CN(C)c2ncc(F)c(N3CCCC3)n2)C1. The van der Waals surface area contributed by atoms with Crippen LogP contribution >= 0.6 is 0 Å². The minimum atomic E-state index is -0.314. The van der Waals surface area contributed by atoms with Crippen LogP contribution in [-0.4, -0.2) is 61.7 Å². The van der Waals surface area contributed by atoms with Crippen LogP contribution in [-0.2, 0) is 0 Å². The predicted octanol–water partition coefficient (Wildman–Crippen LogP) is 1.99. The average Bonchev–Trinajstić information content (AvgIpc) is 3.09. The van der Waals surface area contributed by atoms with Gasteiger partial charge in [0.2, 0.25) is 5.95 Å². The van der Waals surface area contributed by atoms with Gasteiger partial charge >= 0.3 is 0 Å². The zero-order chi connectivity index (χ0) is 15.7. The summed E-state index contributed by atoms with van der Waals surface area (Å²) < 4.78 is 14.0. The Morgan fingerprint density at radius 2 is 2.05 bits per heavy atom. The first-order valence-corrected chi connectivity index (χ1v) is 8.14. The highest BCUT2D eigenvalue weighted by Gasteiger charge is 2.33. The van der Waals surface area contributed by atoms with E-state index in [2.05, 4.69) is 33.7 Å². The number of hydrogen-bond acceptors (Lipinski definition) is 5. The zero-order valence-electron chi connectivity index (χ0n) is 13.8. The van der Waals surface area contributed by atoms with Crippen LogP contribution in [0.1, 0.15) is 26.2 Å². The molecule has 22 heavy (non-hydrogen) atoms. The lowest BCUT2D eigenvalue weighted by Crippen LogP contribution is -2.36. The Labute approximate surface area is 132 Å². The van der Waals surface area contributed by atoms with Crippen molar-refractivity contribution in [1.29, 1.82) is 0 Å². The summed E-state index contributed by atoms with van der Waals surface area (Å²) in [5.41, 5.74) is 0.245. The summed E-state index contributed by atoms with van der Waals surface area (Å²) in [7, 11) is 4.16. The van der Waals surface area contributed by atoms with E-state index in [0.29, 0.717) is 11.8 Å². The Kier molecular flexibility index (Phi) is 4.21. The minimum Gasteiger partial charge on any atom is -0.354 e. The van der Waals surface area contributed by atoms with Gasteiger partial charge in [-0.25, -0.2) is 9.37 Å². The highest BCUT2D eigenvalue weighted by Crippen LogP contribution is 2.31. The third-order valence-electron chi connectivity index (χ3n) is 4.83. The van der Waals surface area contributed by atoms with Crippen LogP contribution in [0.5, 0.6) is 0 Å².